The van der Waals surface area contributed by atoms with Gasteiger partial charge in [0.15, 0.2) is 11.5 Å². The number of imidazole rings is 1. The molecular weight excluding hydrogens is 426 g/mol. The predicted molar refractivity (Wildman–Crippen MR) is 131 cm³/mol. The van der Waals surface area contributed by atoms with Crippen LogP contribution in [-0.4, -0.2) is 60.5 Å². The fraction of sp³-hybridized carbons (Fsp3) is 0.240. The summed E-state index contributed by atoms with van der Waals surface area (Å²) in [6.07, 6.45) is 12.3. The molecule has 34 heavy (non-hydrogen) atoms. The van der Waals surface area contributed by atoms with E-state index in [1.807, 2.05) is 54.8 Å². The van der Waals surface area contributed by atoms with Crippen molar-refractivity contribution in [3.05, 3.63) is 84.7 Å². The SMILES string of the molecule is Cn1cc(-c2cnn3c(N4CCN(c5ncc(Cc6ccccc6)cn5)CC4)cnc3c2)cn1. The van der Waals surface area contributed by atoms with Crippen molar-refractivity contribution in [2.24, 2.45) is 7.05 Å². The summed E-state index contributed by atoms with van der Waals surface area (Å²) in [5.41, 5.74) is 5.26. The maximum Gasteiger partial charge on any atom is 0.225 e. The third-order valence-corrected chi connectivity index (χ3v) is 6.21. The standard InChI is InChI=1S/C25H25N9/c1-31-18-22(16-29-31)21-12-23-26-17-24(34(23)30-15-21)32-7-9-33(10-8-32)25-27-13-20(14-28-25)11-19-5-3-2-4-6-19/h2-6,12-18H,7-11H2,1H3. The summed E-state index contributed by atoms with van der Waals surface area (Å²) in [7, 11) is 1.91. The van der Waals surface area contributed by atoms with Gasteiger partial charge in [-0.15, -0.1) is 0 Å². The average Bonchev–Trinajstić information content (AvgIpc) is 3.51. The second-order valence-electron chi connectivity index (χ2n) is 8.56. The van der Waals surface area contributed by atoms with E-state index in [0.717, 1.165) is 66.7 Å². The zero-order chi connectivity index (χ0) is 22.9. The molecule has 1 fully saturated rings. The number of hydrogen-bond donors (Lipinski definition) is 0. The number of anilines is 2. The maximum absolute atomic E-state index is 4.66. The molecule has 0 saturated carbocycles. The van der Waals surface area contributed by atoms with E-state index in [2.05, 4.69) is 65.3 Å². The molecule has 4 aromatic heterocycles. The molecule has 6 rings (SSSR count). The van der Waals surface area contributed by atoms with Gasteiger partial charge >= 0.3 is 0 Å². The number of rotatable bonds is 5. The Hall–Kier alpha value is -4.27. The lowest BCUT2D eigenvalue weighted by atomic mass is 10.1. The molecule has 5 heterocycles. The minimum Gasteiger partial charge on any atom is -0.352 e. The zero-order valence-electron chi connectivity index (χ0n) is 19.0. The van der Waals surface area contributed by atoms with Crippen LogP contribution >= 0.6 is 0 Å². The van der Waals surface area contributed by atoms with Gasteiger partial charge in [-0.1, -0.05) is 30.3 Å². The predicted octanol–water partition coefficient (Wildman–Crippen LogP) is 2.84. The Bertz CT molecular complexity index is 1400. The first-order chi connectivity index (χ1) is 16.7. The molecule has 0 aliphatic carbocycles. The van der Waals surface area contributed by atoms with E-state index in [0.29, 0.717) is 0 Å². The molecule has 1 aliphatic rings. The van der Waals surface area contributed by atoms with E-state index in [-0.39, 0.29) is 0 Å². The Balaban J connectivity index is 1.12. The van der Waals surface area contributed by atoms with Crippen molar-refractivity contribution >= 4 is 17.4 Å². The van der Waals surface area contributed by atoms with Gasteiger partial charge in [-0.3, -0.25) is 4.68 Å². The highest BCUT2D eigenvalue weighted by molar-refractivity contribution is 5.66. The van der Waals surface area contributed by atoms with Crippen molar-refractivity contribution in [3.63, 3.8) is 0 Å². The lowest BCUT2D eigenvalue weighted by Gasteiger charge is -2.35. The van der Waals surface area contributed by atoms with Gasteiger partial charge in [0, 0.05) is 69.4 Å². The summed E-state index contributed by atoms with van der Waals surface area (Å²) < 4.78 is 3.70. The summed E-state index contributed by atoms with van der Waals surface area (Å²) in [5, 5.41) is 8.91. The molecule has 9 heteroatoms. The van der Waals surface area contributed by atoms with Gasteiger partial charge in [0.2, 0.25) is 5.95 Å². The highest BCUT2D eigenvalue weighted by atomic mass is 15.4. The highest BCUT2D eigenvalue weighted by Gasteiger charge is 2.22. The van der Waals surface area contributed by atoms with Crippen LogP contribution in [0.3, 0.4) is 0 Å². The van der Waals surface area contributed by atoms with Crippen molar-refractivity contribution in [1.82, 2.24) is 34.3 Å². The van der Waals surface area contributed by atoms with Crippen molar-refractivity contribution in [1.29, 1.82) is 0 Å². The Morgan fingerprint density at radius 1 is 0.735 bits per heavy atom. The van der Waals surface area contributed by atoms with Gasteiger partial charge in [-0.2, -0.15) is 14.7 Å². The van der Waals surface area contributed by atoms with Gasteiger partial charge in [-0.05, 0) is 17.2 Å². The molecule has 0 radical (unpaired) electrons. The van der Waals surface area contributed by atoms with Crippen molar-refractivity contribution < 1.29 is 0 Å². The van der Waals surface area contributed by atoms with Crippen LogP contribution in [-0.2, 0) is 13.5 Å². The quantitative estimate of drug-likeness (QED) is 0.406. The second kappa shape index (κ2) is 8.58. The Morgan fingerprint density at radius 3 is 2.21 bits per heavy atom. The molecule has 1 aromatic carbocycles. The van der Waals surface area contributed by atoms with E-state index < -0.39 is 0 Å². The lowest BCUT2D eigenvalue weighted by molar-refractivity contribution is 0.628. The maximum atomic E-state index is 4.66. The molecule has 0 spiro atoms. The van der Waals surface area contributed by atoms with E-state index in [1.165, 1.54) is 5.56 Å². The first-order valence-corrected chi connectivity index (χ1v) is 11.4. The molecule has 1 saturated heterocycles. The smallest absolute Gasteiger partial charge is 0.225 e. The van der Waals surface area contributed by atoms with E-state index >= 15 is 0 Å². The van der Waals surface area contributed by atoms with Crippen LogP contribution in [0, 0.1) is 0 Å². The highest BCUT2D eigenvalue weighted by Crippen LogP contribution is 2.23. The largest absolute Gasteiger partial charge is 0.352 e. The van der Waals surface area contributed by atoms with E-state index in [1.54, 1.807) is 4.68 Å². The van der Waals surface area contributed by atoms with Crippen LogP contribution in [0.25, 0.3) is 16.8 Å². The molecule has 0 bridgehead atoms. The topological polar surface area (TPSA) is 80.3 Å². The second-order valence-corrected chi connectivity index (χ2v) is 8.56. The van der Waals surface area contributed by atoms with E-state index in [9.17, 15) is 0 Å². The number of nitrogens with zero attached hydrogens (tertiary/aromatic N) is 9. The third-order valence-electron chi connectivity index (χ3n) is 6.21. The van der Waals surface area contributed by atoms with Gasteiger partial charge in [0.1, 0.15) is 0 Å². The Labute approximate surface area is 197 Å². The Morgan fingerprint density at radius 2 is 1.47 bits per heavy atom. The third kappa shape index (κ3) is 3.96. The van der Waals surface area contributed by atoms with Crippen LogP contribution in [0.2, 0.25) is 0 Å². The molecular formula is C25H25N9. The monoisotopic (exact) mass is 451 g/mol. The zero-order valence-corrected chi connectivity index (χ0v) is 19.0. The molecule has 9 nitrogen and oxygen atoms in total. The van der Waals surface area contributed by atoms with Crippen LogP contribution in [0.4, 0.5) is 11.8 Å². The molecule has 5 aromatic rings. The molecule has 0 amide bonds. The summed E-state index contributed by atoms with van der Waals surface area (Å²) in [6.45, 7) is 3.40. The Kier molecular flexibility index (Phi) is 5.14. The normalized spacial score (nSPS) is 14.1. The minimum absolute atomic E-state index is 0.786. The van der Waals surface area contributed by atoms with Crippen LogP contribution < -0.4 is 9.80 Å². The van der Waals surface area contributed by atoms with Crippen molar-refractivity contribution in [2.75, 3.05) is 36.0 Å². The number of aryl methyl sites for hydroxylation is 1. The first-order valence-electron chi connectivity index (χ1n) is 11.4. The summed E-state index contributed by atoms with van der Waals surface area (Å²) in [4.78, 5) is 18.4. The molecule has 0 N–H and O–H groups in total. The van der Waals surface area contributed by atoms with Gasteiger partial charge in [0.05, 0.1) is 18.6 Å². The number of fused-ring (bicyclic) bond motifs is 1. The summed E-state index contributed by atoms with van der Waals surface area (Å²) in [6, 6.07) is 12.5. The summed E-state index contributed by atoms with van der Waals surface area (Å²) in [5.74, 6) is 1.79. The fourth-order valence-corrected chi connectivity index (χ4v) is 4.38. The molecule has 0 atom stereocenters. The van der Waals surface area contributed by atoms with Gasteiger partial charge in [-0.25, -0.2) is 15.0 Å². The number of piperazine rings is 1. The fourth-order valence-electron chi connectivity index (χ4n) is 4.38. The number of hydrogen-bond acceptors (Lipinski definition) is 7. The number of benzene rings is 1. The van der Waals surface area contributed by atoms with Crippen LogP contribution in [0.15, 0.2) is 73.6 Å². The minimum atomic E-state index is 0.786. The van der Waals surface area contributed by atoms with Crippen molar-refractivity contribution in [2.45, 2.75) is 6.42 Å². The molecule has 0 unspecified atom stereocenters. The molecule has 1 aliphatic heterocycles. The average molecular weight is 452 g/mol. The van der Waals surface area contributed by atoms with Crippen molar-refractivity contribution in [3.8, 4) is 11.1 Å². The van der Waals surface area contributed by atoms with Gasteiger partial charge in [0.25, 0.3) is 0 Å². The first kappa shape index (κ1) is 20.3. The molecule has 170 valence electrons. The number of aromatic nitrogens is 7. The summed E-state index contributed by atoms with van der Waals surface area (Å²) >= 11 is 0. The lowest BCUT2D eigenvalue weighted by Crippen LogP contribution is -2.47. The van der Waals surface area contributed by atoms with Gasteiger partial charge < -0.3 is 9.80 Å². The van der Waals surface area contributed by atoms with Crippen LogP contribution in [0.5, 0.6) is 0 Å². The van der Waals surface area contributed by atoms with E-state index in [4.69, 9.17) is 0 Å². The van der Waals surface area contributed by atoms with Crippen LogP contribution in [0.1, 0.15) is 11.1 Å².